The SMILES string of the molecule is CC(C)C1=CC(=O)O[C@@H](c2ccccc2)C1. The first kappa shape index (κ1) is 10.9. The highest BCUT2D eigenvalue weighted by Crippen LogP contribution is 2.32. The minimum atomic E-state index is -0.219. The molecule has 16 heavy (non-hydrogen) atoms. The van der Waals surface area contributed by atoms with Crippen LogP contribution in [0.1, 0.15) is 31.9 Å². The van der Waals surface area contributed by atoms with Crippen molar-refractivity contribution in [3.8, 4) is 0 Å². The largest absolute Gasteiger partial charge is 0.454 e. The predicted molar refractivity (Wildman–Crippen MR) is 62.8 cm³/mol. The monoisotopic (exact) mass is 216 g/mol. The predicted octanol–water partition coefficient (Wildman–Crippen LogP) is 3.26. The van der Waals surface area contributed by atoms with Crippen molar-refractivity contribution in [1.82, 2.24) is 0 Å². The van der Waals surface area contributed by atoms with Crippen molar-refractivity contribution in [3.63, 3.8) is 0 Å². The first-order valence-corrected chi connectivity index (χ1v) is 5.63. The summed E-state index contributed by atoms with van der Waals surface area (Å²) in [6.45, 7) is 4.21. The van der Waals surface area contributed by atoms with Crippen molar-refractivity contribution in [1.29, 1.82) is 0 Å². The molecule has 0 radical (unpaired) electrons. The van der Waals surface area contributed by atoms with Crippen LogP contribution in [0.5, 0.6) is 0 Å². The van der Waals surface area contributed by atoms with E-state index in [9.17, 15) is 4.79 Å². The molecule has 0 aromatic heterocycles. The molecule has 0 amide bonds. The van der Waals surface area contributed by atoms with Crippen LogP contribution in [-0.4, -0.2) is 5.97 Å². The summed E-state index contributed by atoms with van der Waals surface area (Å²) in [6, 6.07) is 9.91. The molecule has 84 valence electrons. The first-order valence-electron chi connectivity index (χ1n) is 5.63. The Labute approximate surface area is 95.9 Å². The van der Waals surface area contributed by atoms with E-state index < -0.39 is 0 Å². The van der Waals surface area contributed by atoms with Crippen molar-refractivity contribution in [2.45, 2.75) is 26.4 Å². The molecule has 0 bridgehead atoms. The molecule has 0 unspecified atom stereocenters. The van der Waals surface area contributed by atoms with E-state index in [1.54, 1.807) is 6.08 Å². The van der Waals surface area contributed by atoms with Crippen LogP contribution in [0, 0.1) is 5.92 Å². The minimum absolute atomic E-state index is 0.115. The van der Waals surface area contributed by atoms with Gasteiger partial charge in [0.05, 0.1) is 0 Å². The summed E-state index contributed by atoms with van der Waals surface area (Å²) in [7, 11) is 0. The Kier molecular flexibility index (Phi) is 3.09. The average Bonchev–Trinajstić information content (AvgIpc) is 2.29. The smallest absolute Gasteiger partial charge is 0.331 e. The normalized spacial score (nSPS) is 20.6. The third kappa shape index (κ3) is 2.32. The molecular weight excluding hydrogens is 200 g/mol. The number of hydrogen-bond acceptors (Lipinski definition) is 2. The second-order valence-electron chi connectivity index (χ2n) is 4.41. The topological polar surface area (TPSA) is 26.3 Å². The van der Waals surface area contributed by atoms with Gasteiger partial charge in [0.2, 0.25) is 0 Å². The van der Waals surface area contributed by atoms with Gasteiger partial charge in [-0.15, -0.1) is 0 Å². The summed E-state index contributed by atoms with van der Waals surface area (Å²) in [5.41, 5.74) is 2.24. The van der Waals surface area contributed by atoms with Crippen molar-refractivity contribution >= 4 is 5.97 Å². The van der Waals surface area contributed by atoms with Crippen molar-refractivity contribution in [2.24, 2.45) is 5.92 Å². The molecule has 0 saturated heterocycles. The number of carbonyl (C=O) groups is 1. The maximum absolute atomic E-state index is 11.5. The third-order valence-corrected chi connectivity index (χ3v) is 2.90. The highest BCUT2D eigenvalue weighted by atomic mass is 16.5. The maximum Gasteiger partial charge on any atom is 0.331 e. The number of ether oxygens (including phenoxy) is 1. The molecular formula is C14H16O2. The number of esters is 1. The first-order chi connectivity index (χ1) is 7.66. The lowest BCUT2D eigenvalue weighted by molar-refractivity contribution is -0.144. The summed E-state index contributed by atoms with van der Waals surface area (Å²) >= 11 is 0. The Morgan fingerprint density at radius 2 is 1.94 bits per heavy atom. The Morgan fingerprint density at radius 3 is 2.56 bits per heavy atom. The van der Waals surface area contributed by atoms with E-state index in [1.807, 2.05) is 30.3 Å². The summed E-state index contributed by atoms with van der Waals surface area (Å²) in [4.78, 5) is 11.5. The molecule has 0 spiro atoms. The quantitative estimate of drug-likeness (QED) is 0.709. The second kappa shape index (κ2) is 4.52. The Hall–Kier alpha value is -1.57. The number of cyclic esters (lactones) is 1. The molecule has 0 fully saturated rings. The van der Waals surface area contributed by atoms with Crippen LogP contribution in [0.25, 0.3) is 0 Å². The van der Waals surface area contributed by atoms with Gasteiger partial charge in [0.1, 0.15) is 6.10 Å². The van der Waals surface area contributed by atoms with Gasteiger partial charge in [0.15, 0.2) is 0 Å². The van der Waals surface area contributed by atoms with Crippen LogP contribution >= 0.6 is 0 Å². The van der Waals surface area contributed by atoms with E-state index in [4.69, 9.17) is 4.74 Å². The Balaban J connectivity index is 2.21. The van der Waals surface area contributed by atoms with Crippen LogP contribution in [0.4, 0.5) is 0 Å². The number of carbonyl (C=O) groups excluding carboxylic acids is 1. The van der Waals surface area contributed by atoms with Gasteiger partial charge in [-0.2, -0.15) is 0 Å². The molecule has 1 aromatic rings. The van der Waals surface area contributed by atoms with Crippen LogP contribution in [0.15, 0.2) is 42.0 Å². The summed E-state index contributed by atoms with van der Waals surface area (Å²) < 4.78 is 5.34. The lowest BCUT2D eigenvalue weighted by Crippen LogP contribution is -2.18. The molecule has 1 aromatic carbocycles. The van der Waals surface area contributed by atoms with Gasteiger partial charge in [-0.05, 0) is 11.5 Å². The lowest BCUT2D eigenvalue weighted by atomic mass is 9.92. The van der Waals surface area contributed by atoms with E-state index in [-0.39, 0.29) is 12.1 Å². The molecule has 2 heteroatoms. The summed E-state index contributed by atoms with van der Waals surface area (Å²) in [6.07, 6.45) is 2.33. The molecule has 1 heterocycles. The molecule has 2 nitrogen and oxygen atoms in total. The fraction of sp³-hybridized carbons (Fsp3) is 0.357. The van der Waals surface area contributed by atoms with Gasteiger partial charge in [0.25, 0.3) is 0 Å². The second-order valence-corrected chi connectivity index (χ2v) is 4.41. The van der Waals surface area contributed by atoms with Gasteiger partial charge in [0, 0.05) is 12.5 Å². The zero-order valence-corrected chi connectivity index (χ0v) is 9.64. The highest BCUT2D eigenvalue weighted by molar-refractivity contribution is 5.84. The van der Waals surface area contributed by atoms with E-state index in [1.165, 1.54) is 5.57 Å². The molecule has 1 aliphatic heterocycles. The fourth-order valence-corrected chi connectivity index (χ4v) is 1.90. The van der Waals surface area contributed by atoms with Gasteiger partial charge >= 0.3 is 5.97 Å². The molecule has 0 aliphatic carbocycles. The Bertz CT molecular complexity index is 404. The van der Waals surface area contributed by atoms with Gasteiger partial charge in [-0.1, -0.05) is 49.8 Å². The molecule has 2 rings (SSSR count). The van der Waals surface area contributed by atoms with E-state index >= 15 is 0 Å². The highest BCUT2D eigenvalue weighted by Gasteiger charge is 2.24. The molecule has 0 N–H and O–H groups in total. The molecule has 1 atom stereocenters. The zero-order valence-electron chi connectivity index (χ0n) is 9.64. The lowest BCUT2D eigenvalue weighted by Gasteiger charge is -2.25. The van der Waals surface area contributed by atoms with Gasteiger partial charge in [-0.3, -0.25) is 0 Å². The van der Waals surface area contributed by atoms with E-state index in [0.29, 0.717) is 5.92 Å². The standard InChI is InChI=1S/C14H16O2/c1-10(2)12-8-13(16-14(15)9-12)11-6-4-3-5-7-11/h3-7,9-10,13H,8H2,1-2H3/t13-/m1/s1. The fourth-order valence-electron chi connectivity index (χ4n) is 1.90. The van der Waals surface area contributed by atoms with Crippen LogP contribution in [-0.2, 0) is 9.53 Å². The van der Waals surface area contributed by atoms with Crippen molar-refractivity contribution in [2.75, 3.05) is 0 Å². The van der Waals surface area contributed by atoms with E-state index in [2.05, 4.69) is 13.8 Å². The average molecular weight is 216 g/mol. The van der Waals surface area contributed by atoms with Gasteiger partial charge in [-0.25, -0.2) is 4.79 Å². The minimum Gasteiger partial charge on any atom is -0.454 e. The van der Waals surface area contributed by atoms with Crippen LogP contribution in [0.2, 0.25) is 0 Å². The van der Waals surface area contributed by atoms with Crippen LogP contribution < -0.4 is 0 Å². The molecule has 1 aliphatic rings. The Morgan fingerprint density at radius 1 is 1.25 bits per heavy atom. The number of rotatable bonds is 2. The van der Waals surface area contributed by atoms with Gasteiger partial charge < -0.3 is 4.74 Å². The maximum atomic E-state index is 11.5. The van der Waals surface area contributed by atoms with Crippen LogP contribution in [0.3, 0.4) is 0 Å². The molecule has 0 saturated carbocycles. The van der Waals surface area contributed by atoms with E-state index in [0.717, 1.165) is 12.0 Å². The van der Waals surface area contributed by atoms with Crippen molar-refractivity contribution < 1.29 is 9.53 Å². The summed E-state index contributed by atoms with van der Waals surface area (Å²) in [5.74, 6) is 0.183. The summed E-state index contributed by atoms with van der Waals surface area (Å²) in [5, 5.41) is 0. The zero-order chi connectivity index (χ0) is 11.5. The number of benzene rings is 1. The number of hydrogen-bond donors (Lipinski definition) is 0. The van der Waals surface area contributed by atoms with Crippen molar-refractivity contribution in [3.05, 3.63) is 47.5 Å². The third-order valence-electron chi connectivity index (χ3n) is 2.90.